The first-order valence-corrected chi connectivity index (χ1v) is 4.03. The second kappa shape index (κ2) is 3.53. The van der Waals surface area contributed by atoms with Gasteiger partial charge in [-0.1, -0.05) is 6.07 Å². The van der Waals surface area contributed by atoms with Gasteiger partial charge in [0.15, 0.2) is 0 Å². The first kappa shape index (κ1) is 9.67. The van der Waals surface area contributed by atoms with Gasteiger partial charge in [-0.15, -0.1) is 0 Å². The van der Waals surface area contributed by atoms with Crippen LogP contribution in [0.15, 0.2) is 18.2 Å². The van der Waals surface area contributed by atoms with E-state index < -0.39 is 4.92 Å². The van der Waals surface area contributed by atoms with E-state index in [1.54, 1.807) is 6.07 Å². The molecule has 0 amide bonds. The number of nitrogens with two attached hydrogens (primary N) is 1. The molecule has 0 spiro atoms. The van der Waals surface area contributed by atoms with Crippen LogP contribution in [-0.2, 0) is 0 Å². The van der Waals surface area contributed by atoms with Gasteiger partial charge in [0.25, 0.3) is 5.69 Å². The third-order valence-electron chi connectivity index (χ3n) is 1.96. The molecular weight excluding hydrogens is 168 g/mol. The van der Waals surface area contributed by atoms with E-state index in [2.05, 4.69) is 0 Å². The van der Waals surface area contributed by atoms with Crippen molar-refractivity contribution in [3.63, 3.8) is 0 Å². The lowest BCUT2D eigenvalue weighted by Gasteiger charge is -2.08. The van der Waals surface area contributed by atoms with Gasteiger partial charge in [0.1, 0.15) is 0 Å². The Kier molecular flexibility index (Phi) is 2.63. The summed E-state index contributed by atoms with van der Waals surface area (Å²) in [6, 6.07) is 4.57. The Morgan fingerprint density at radius 1 is 1.54 bits per heavy atom. The highest BCUT2D eigenvalue weighted by Gasteiger charge is 2.10. The molecule has 2 N–H and O–H groups in total. The Morgan fingerprint density at radius 3 is 2.62 bits per heavy atom. The Balaban J connectivity index is 3.19. The fraction of sp³-hybridized carbons (Fsp3) is 0.333. The number of aryl methyl sites for hydroxylation is 1. The number of hydrogen-bond donors (Lipinski definition) is 1. The van der Waals surface area contributed by atoms with Crippen LogP contribution in [0.25, 0.3) is 0 Å². The highest BCUT2D eigenvalue weighted by Crippen LogP contribution is 2.21. The minimum atomic E-state index is -0.411. The van der Waals surface area contributed by atoms with Crippen LogP contribution in [0.4, 0.5) is 5.69 Å². The minimum Gasteiger partial charge on any atom is -0.324 e. The van der Waals surface area contributed by atoms with Gasteiger partial charge < -0.3 is 5.73 Å². The van der Waals surface area contributed by atoms with E-state index in [0.717, 1.165) is 11.1 Å². The van der Waals surface area contributed by atoms with Crippen LogP contribution >= 0.6 is 0 Å². The number of non-ortho nitro benzene ring substituents is 1. The average Bonchev–Trinajstić information content (AvgIpc) is 2.04. The topological polar surface area (TPSA) is 69.2 Å². The summed E-state index contributed by atoms with van der Waals surface area (Å²) in [5, 5.41) is 10.5. The van der Waals surface area contributed by atoms with Gasteiger partial charge in [-0.2, -0.15) is 0 Å². The van der Waals surface area contributed by atoms with Crippen LogP contribution in [0, 0.1) is 17.0 Å². The molecule has 0 unspecified atom stereocenters. The van der Waals surface area contributed by atoms with Crippen molar-refractivity contribution in [3.05, 3.63) is 39.4 Å². The molecule has 0 aromatic heterocycles. The van der Waals surface area contributed by atoms with E-state index >= 15 is 0 Å². The Hall–Kier alpha value is -1.42. The van der Waals surface area contributed by atoms with E-state index in [4.69, 9.17) is 5.73 Å². The number of nitro groups is 1. The number of rotatable bonds is 2. The molecular formula is C9H12N2O2. The summed E-state index contributed by atoms with van der Waals surface area (Å²) in [5.74, 6) is 0. The number of nitro benzene ring substituents is 1. The van der Waals surface area contributed by atoms with Crippen molar-refractivity contribution < 1.29 is 4.92 Å². The van der Waals surface area contributed by atoms with Crippen molar-refractivity contribution in [1.82, 2.24) is 0 Å². The molecule has 0 saturated heterocycles. The molecule has 0 aliphatic heterocycles. The van der Waals surface area contributed by atoms with Crippen molar-refractivity contribution >= 4 is 5.69 Å². The summed E-state index contributed by atoms with van der Waals surface area (Å²) in [6.45, 7) is 3.70. The number of hydrogen-bond acceptors (Lipinski definition) is 3. The summed E-state index contributed by atoms with van der Waals surface area (Å²) in [6.07, 6.45) is 0. The van der Waals surface area contributed by atoms with Gasteiger partial charge in [0.2, 0.25) is 0 Å². The zero-order chi connectivity index (χ0) is 10.0. The second-order valence-corrected chi connectivity index (χ2v) is 3.09. The van der Waals surface area contributed by atoms with Gasteiger partial charge in [-0.25, -0.2) is 0 Å². The van der Waals surface area contributed by atoms with Gasteiger partial charge >= 0.3 is 0 Å². The Labute approximate surface area is 76.5 Å². The highest BCUT2D eigenvalue weighted by atomic mass is 16.6. The Morgan fingerprint density at radius 2 is 2.15 bits per heavy atom. The summed E-state index contributed by atoms with van der Waals surface area (Å²) >= 11 is 0. The molecule has 70 valence electrons. The molecule has 1 rings (SSSR count). The second-order valence-electron chi connectivity index (χ2n) is 3.09. The first-order valence-electron chi connectivity index (χ1n) is 4.03. The van der Waals surface area contributed by atoms with Gasteiger partial charge in [0.05, 0.1) is 4.92 Å². The number of benzene rings is 1. The smallest absolute Gasteiger partial charge is 0.269 e. The maximum absolute atomic E-state index is 10.5. The van der Waals surface area contributed by atoms with E-state index in [9.17, 15) is 10.1 Å². The SMILES string of the molecule is Cc1ccc([N+](=O)[O-])cc1[C@@H](C)N. The van der Waals surface area contributed by atoms with Crippen LogP contribution in [-0.4, -0.2) is 4.92 Å². The van der Waals surface area contributed by atoms with Gasteiger partial charge in [0, 0.05) is 18.2 Å². The molecule has 4 nitrogen and oxygen atoms in total. The molecule has 0 fully saturated rings. The predicted octanol–water partition coefficient (Wildman–Crippen LogP) is 1.92. The van der Waals surface area contributed by atoms with Crippen LogP contribution in [0.3, 0.4) is 0 Å². The van der Waals surface area contributed by atoms with E-state index in [1.165, 1.54) is 12.1 Å². The van der Waals surface area contributed by atoms with Crippen molar-refractivity contribution in [2.24, 2.45) is 5.73 Å². The van der Waals surface area contributed by atoms with Crippen LogP contribution in [0.5, 0.6) is 0 Å². The lowest BCUT2D eigenvalue weighted by atomic mass is 10.0. The Bertz CT molecular complexity index is 334. The van der Waals surface area contributed by atoms with Crippen LogP contribution in [0.1, 0.15) is 24.1 Å². The summed E-state index contributed by atoms with van der Waals surface area (Å²) in [5.41, 5.74) is 7.57. The van der Waals surface area contributed by atoms with Crippen LogP contribution in [0.2, 0.25) is 0 Å². The predicted molar refractivity (Wildman–Crippen MR) is 50.4 cm³/mol. The van der Waals surface area contributed by atoms with Crippen molar-refractivity contribution in [1.29, 1.82) is 0 Å². The fourth-order valence-corrected chi connectivity index (χ4v) is 1.23. The third kappa shape index (κ3) is 2.03. The standard InChI is InChI=1S/C9H12N2O2/c1-6-3-4-8(11(12)13)5-9(6)7(2)10/h3-5,7H,10H2,1-2H3/t7-/m1/s1. The maximum atomic E-state index is 10.5. The average molecular weight is 180 g/mol. The van der Waals surface area contributed by atoms with Crippen molar-refractivity contribution in [2.75, 3.05) is 0 Å². The highest BCUT2D eigenvalue weighted by molar-refractivity contribution is 5.40. The summed E-state index contributed by atoms with van der Waals surface area (Å²) < 4.78 is 0. The molecule has 0 aliphatic carbocycles. The zero-order valence-corrected chi connectivity index (χ0v) is 7.65. The van der Waals surface area contributed by atoms with Gasteiger partial charge in [-0.05, 0) is 25.0 Å². The normalized spacial score (nSPS) is 12.5. The van der Waals surface area contributed by atoms with E-state index in [1.807, 2.05) is 13.8 Å². The molecule has 0 bridgehead atoms. The van der Waals surface area contributed by atoms with Crippen molar-refractivity contribution in [3.8, 4) is 0 Å². The molecule has 0 radical (unpaired) electrons. The molecule has 0 heterocycles. The molecule has 1 atom stereocenters. The molecule has 0 aliphatic rings. The van der Waals surface area contributed by atoms with E-state index in [-0.39, 0.29) is 11.7 Å². The zero-order valence-electron chi connectivity index (χ0n) is 7.65. The van der Waals surface area contributed by atoms with Crippen LogP contribution < -0.4 is 5.73 Å². The lowest BCUT2D eigenvalue weighted by molar-refractivity contribution is -0.384. The van der Waals surface area contributed by atoms with E-state index in [0.29, 0.717) is 0 Å². The van der Waals surface area contributed by atoms with Gasteiger partial charge in [-0.3, -0.25) is 10.1 Å². The lowest BCUT2D eigenvalue weighted by Crippen LogP contribution is -2.07. The maximum Gasteiger partial charge on any atom is 0.269 e. The third-order valence-corrected chi connectivity index (χ3v) is 1.96. The number of nitrogens with zero attached hydrogens (tertiary/aromatic N) is 1. The largest absolute Gasteiger partial charge is 0.324 e. The molecule has 13 heavy (non-hydrogen) atoms. The molecule has 1 aromatic rings. The quantitative estimate of drug-likeness (QED) is 0.558. The first-order chi connectivity index (χ1) is 6.02. The monoisotopic (exact) mass is 180 g/mol. The summed E-state index contributed by atoms with van der Waals surface area (Å²) in [4.78, 5) is 10.0. The molecule has 0 saturated carbocycles. The molecule has 1 aromatic carbocycles. The van der Waals surface area contributed by atoms with Crippen molar-refractivity contribution in [2.45, 2.75) is 19.9 Å². The molecule has 4 heteroatoms. The summed E-state index contributed by atoms with van der Waals surface area (Å²) in [7, 11) is 0. The fourth-order valence-electron chi connectivity index (χ4n) is 1.23. The minimum absolute atomic E-state index is 0.0953.